The van der Waals surface area contributed by atoms with Gasteiger partial charge in [-0.2, -0.15) is 0 Å². The Morgan fingerprint density at radius 1 is 1.17 bits per heavy atom. The zero-order valence-corrected chi connectivity index (χ0v) is 17.1. The maximum atomic E-state index is 12.3. The highest BCUT2D eigenvalue weighted by Gasteiger charge is 2.26. The Kier molecular flexibility index (Phi) is 6.68. The molecule has 0 fully saturated rings. The van der Waals surface area contributed by atoms with E-state index < -0.39 is 10.9 Å². The molecule has 156 valence electrons. The van der Waals surface area contributed by atoms with E-state index in [-0.39, 0.29) is 27.9 Å². The third-order valence-electron chi connectivity index (χ3n) is 4.05. The minimum atomic E-state index is -0.649. The normalized spacial score (nSPS) is 14.4. The fourth-order valence-electron chi connectivity index (χ4n) is 2.69. The molecule has 0 atom stereocenters. The fourth-order valence-corrected chi connectivity index (χ4v) is 2.94. The van der Waals surface area contributed by atoms with Crippen molar-refractivity contribution in [3.05, 3.63) is 68.4 Å². The molecule has 0 saturated heterocycles. The van der Waals surface area contributed by atoms with E-state index in [2.05, 4.69) is 4.99 Å². The van der Waals surface area contributed by atoms with Crippen LogP contribution in [-0.2, 0) is 9.53 Å². The van der Waals surface area contributed by atoms with Gasteiger partial charge >= 0.3 is 5.97 Å². The largest absolute Gasteiger partial charge is 0.490 e. The van der Waals surface area contributed by atoms with Crippen molar-refractivity contribution in [3.63, 3.8) is 0 Å². The number of hydrogen-bond donors (Lipinski definition) is 0. The number of aliphatic imine (C=N–C) groups is 1. The molecule has 30 heavy (non-hydrogen) atoms. The Hall–Kier alpha value is -3.39. The molecule has 0 bridgehead atoms. The van der Waals surface area contributed by atoms with Crippen LogP contribution in [0.5, 0.6) is 11.5 Å². The molecule has 0 unspecified atom stereocenters. The maximum Gasteiger partial charge on any atom is 0.363 e. The van der Waals surface area contributed by atoms with E-state index in [0.29, 0.717) is 30.3 Å². The van der Waals surface area contributed by atoms with E-state index in [1.165, 1.54) is 18.2 Å². The highest BCUT2D eigenvalue weighted by molar-refractivity contribution is 6.34. The number of hydrogen-bond acceptors (Lipinski definition) is 7. The number of carbonyl (C=O) groups is 1. The van der Waals surface area contributed by atoms with Gasteiger partial charge in [0.1, 0.15) is 0 Å². The lowest BCUT2D eigenvalue weighted by Gasteiger charge is -2.12. The molecule has 1 aliphatic heterocycles. The van der Waals surface area contributed by atoms with Crippen LogP contribution in [-0.4, -0.2) is 30.0 Å². The molecule has 0 N–H and O–H groups in total. The summed E-state index contributed by atoms with van der Waals surface area (Å²) in [6.45, 7) is 4.91. The number of rotatable bonds is 8. The number of non-ortho nitro benzene ring substituents is 1. The summed E-state index contributed by atoms with van der Waals surface area (Å²) in [5, 5.41) is 10.9. The summed E-state index contributed by atoms with van der Waals surface area (Å²) in [6, 6.07) is 9.13. The average molecular weight is 431 g/mol. The highest BCUT2D eigenvalue weighted by atomic mass is 35.5. The molecule has 1 heterocycles. The van der Waals surface area contributed by atoms with Crippen LogP contribution in [0.2, 0.25) is 5.02 Å². The van der Waals surface area contributed by atoms with Crippen LogP contribution in [0.15, 0.2) is 47.1 Å². The summed E-state index contributed by atoms with van der Waals surface area (Å²) in [6.07, 6.45) is 2.42. The Morgan fingerprint density at radius 2 is 1.97 bits per heavy atom. The number of nitro groups is 1. The molecular formula is C21H19ClN2O6. The first-order valence-electron chi connectivity index (χ1n) is 9.29. The van der Waals surface area contributed by atoms with Crippen LogP contribution in [0, 0.1) is 10.1 Å². The predicted octanol–water partition coefficient (Wildman–Crippen LogP) is 4.78. The van der Waals surface area contributed by atoms with Crippen molar-refractivity contribution in [2.45, 2.75) is 20.3 Å². The van der Waals surface area contributed by atoms with Crippen LogP contribution in [0.4, 0.5) is 5.69 Å². The van der Waals surface area contributed by atoms with Crippen molar-refractivity contribution in [1.29, 1.82) is 0 Å². The van der Waals surface area contributed by atoms with Gasteiger partial charge in [-0.3, -0.25) is 10.1 Å². The van der Waals surface area contributed by atoms with E-state index in [1.807, 2.05) is 13.8 Å². The number of ether oxygens (including phenoxy) is 3. The Balaban J connectivity index is 1.90. The van der Waals surface area contributed by atoms with Crippen molar-refractivity contribution in [1.82, 2.24) is 0 Å². The first kappa shape index (κ1) is 21.3. The summed E-state index contributed by atoms with van der Waals surface area (Å²) in [7, 11) is 0. The molecule has 0 amide bonds. The van der Waals surface area contributed by atoms with Gasteiger partial charge in [0.05, 0.1) is 28.7 Å². The number of halogens is 1. The SMILES string of the molecule is CCCOc1ccc(/C=C2\N=C(c3ccc([N+](=O)[O-])cc3Cl)OC2=O)cc1OCC. The Bertz CT molecular complexity index is 1050. The molecule has 2 aromatic rings. The maximum absolute atomic E-state index is 12.3. The molecule has 0 radical (unpaired) electrons. The third kappa shape index (κ3) is 4.77. The molecule has 0 aliphatic carbocycles. The van der Waals surface area contributed by atoms with Gasteiger partial charge in [-0.25, -0.2) is 9.79 Å². The van der Waals surface area contributed by atoms with Crippen molar-refractivity contribution >= 4 is 35.2 Å². The van der Waals surface area contributed by atoms with Crippen molar-refractivity contribution in [2.75, 3.05) is 13.2 Å². The smallest absolute Gasteiger partial charge is 0.363 e. The molecule has 0 aromatic heterocycles. The number of benzene rings is 2. The second-order valence-corrected chi connectivity index (χ2v) is 6.65. The number of carbonyl (C=O) groups excluding carboxylic acids is 1. The lowest BCUT2D eigenvalue weighted by Crippen LogP contribution is -2.06. The monoisotopic (exact) mass is 430 g/mol. The number of nitrogens with zero attached hydrogens (tertiary/aromatic N) is 2. The van der Waals surface area contributed by atoms with Gasteiger partial charge in [-0.1, -0.05) is 24.6 Å². The van der Waals surface area contributed by atoms with E-state index in [4.69, 9.17) is 25.8 Å². The summed E-state index contributed by atoms with van der Waals surface area (Å²) in [4.78, 5) is 26.7. The standard InChI is InChI=1S/C21H19ClN2O6/c1-3-9-29-18-8-5-13(11-19(18)28-4-2)10-17-21(25)30-20(23-17)15-7-6-14(24(26)27)12-16(15)22/h5-8,10-12H,3-4,9H2,1-2H3/b17-10-. The zero-order chi connectivity index (χ0) is 21.7. The second kappa shape index (κ2) is 9.41. The van der Waals surface area contributed by atoms with Gasteiger partial charge in [0, 0.05) is 12.1 Å². The van der Waals surface area contributed by atoms with Crippen molar-refractivity contribution in [3.8, 4) is 11.5 Å². The van der Waals surface area contributed by atoms with E-state index >= 15 is 0 Å². The van der Waals surface area contributed by atoms with Crippen molar-refractivity contribution in [2.24, 2.45) is 4.99 Å². The highest BCUT2D eigenvalue weighted by Crippen LogP contribution is 2.31. The Morgan fingerprint density at radius 3 is 2.63 bits per heavy atom. The van der Waals surface area contributed by atoms with E-state index in [1.54, 1.807) is 24.3 Å². The van der Waals surface area contributed by atoms with Crippen LogP contribution in [0.3, 0.4) is 0 Å². The summed E-state index contributed by atoms with van der Waals surface area (Å²) < 4.78 is 16.5. The van der Waals surface area contributed by atoms with Crippen LogP contribution >= 0.6 is 11.6 Å². The van der Waals surface area contributed by atoms with Gasteiger partial charge in [0.25, 0.3) is 5.69 Å². The third-order valence-corrected chi connectivity index (χ3v) is 4.36. The average Bonchev–Trinajstić information content (AvgIpc) is 3.07. The quantitative estimate of drug-likeness (QED) is 0.258. The van der Waals surface area contributed by atoms with E-state index in [9.17, 15) is 14.9 Å². The van der Waals surface area contributed by atoms with Crippen LogP contribution in [0.25, 0.3) is 6.08 Å². The number of esters is 1. The summed E-state index contributed by atoms with van der Waals surface area (Å²) in [5.41, 5.74) is 0.869. The molecule has 1 aliphatic rings. The predicted molar refractivity (Wildman–Crippen MR) is 112 cm³/mol. The Labute approximate surface area is 177 Å². The number of nitro benzene ring substituents is 1. The van der Waals surface area contributed by atoms with Gasteiger partial charge in [-0.05, 0) is 43.2 Å². The van der Waals surface area contributed by atoms with Crippen LogP contribution < -0.4 is 9.47 Å². The van der Waals surface area contributed by atoms with Gasteiger partial charge in [-0.15, -0.1) is 0 Å². The second-order valence-electron chi connectivity index (χ2n) is 6.24. The number of cyclic esters (lactones) is 1. The molecule has 0 spiro atoms. The molecule has 3 rings (SSSR count). The molecule has 2 aromatic carbocycles. The summed E-state index contributed by atoms with van der Waals surface area (Å²) in [5.74, 6) is 0.522. The van der Waals surface area contributed by atoms with Gasteiger partial charge < -0.3 is 14.2 Å². The minimum Gasteiger partial charge on any atom is -0.490 e. The summed E-state index contributed by atoms with van der Waals surface area (Å²) >= 11 is 6.10. The van der Waals surface area contributed by atoms with Gasteiger partial charge in [0.15, 0.2) is 17.2 Å². The van der Waals surface area contributed by atoms with Crippen molar-refractivity contribution < 1.29 is 23.9 Å². The lowest BCUT2D eigenvalue weighted by atomic mass is 10.1. The fraction of sp³-hybridized carbons (Fsp3) is 0.238. The molecular weight excluding hydrogens is 412 g/mol. The van der Waals surface area contributed by atoms with E-state index in [0.717, 1.165) is 6.42 Å². The lowest BCUT2D eigenvalue weighted by molar-refractivity contribution is -0.384. The molecule has 8 nitrogen and oxygen atoms in total. The molecule has 0 saturated carbocycles. The van der Waals surface area contributed by atoms with Gasteiger partial charge in [0.2, 0.25) is 5.90 Å². The van der Waals surface area contributed by atoms with Crippen LogP contribution in [0.1, 0.15) is 31.4 Å². The minimum absolute atomic E-state index is 0.0147. The zero-order valence-electron chi connectivity index (χ0n) is 16.4. The topological polar surface area (TPSA) is 100 Å². The molecule has 9 heteroatoms. The first-order chi connectivity index (χ1) is 14.4. The first-order valence-corrected chi connectivity index (χ1v) is 9.67.